The molecule has 1 aliphatic heterocycles. The second-order valence-corrected chi connectivity index (χ2v) is 6.90. The van der Waals surface area contributed by atoms with Gasteiger partial charge in [-0.2, -0.15) is 4.31 Å². The molecule has 104 valence electrons. The molecular formula is C13H17ClN2O2S. The molecular weight excluding hydrogens is 284 g/mol. The van der Waals surface area contributed by atoms with Crippen molar-refractivity contribution in [1.29, 1.82) is 0 Å². The number of halogens is 1. The van der Waals surface area contributed by atoms with Crippen LogP contribution in [-0.4, -0.2) is 32.4 Å². The normalized spacial score (nSPS) is 21.3. The van der Waals surface area contributed by atoms with Crippen molar-refractivity contribution in [1.82, 2.24) is 4.31 Å². The Morgan fingerprint density at radius 2 is 2.05 bits per heavy atom. The lowest BCUT2D eigenvalue weighted by molar-refractivity contribution is 0.466. The Kier molecular flexibility index (Phi) is 4.62. The van der Waals surface area contributed by atoms with E-state index in [-0.39, 0.29) is 5.92 Å². The molecule has 1 aliphatic rings. The van der Waals surface area contributed by atoms with Gasteiger partial charge < -0.3 is 5.73 Å². The third-order valence-corrected chi connectivity index (χ3v) is 5.03. The van der Waals surface area contributed by atoms with Crippen molar-refractivity contribution < 1.29 is 8.42 Å². The fourth-order valence-corrected chi connectivity index (χ4v) is 3.45. The van der Waals surface area contributed by atoms with Gasteiger partial charge in [-0.05, 0) is 42.7 Å². The average molecular weight is 301 g/mol. The zero-order valence-corrected chi connectivity index (χ0v) is 12.1. The molecule has 0 amide bonds. The number of nitrogens with two attached hydrogens (primary N) is 1. The van der Waals surface area contributed by atoms with E-state index >= 15 is 0 Å². The van der Waals surface area contributed by atoms with Crippen LogP contribution < -0.4 is 5.73 Å². The predicted molar refractivity (Wildman–Crippen MR) is 78.1 cm³/mol. The average Bonchev–Trinajstić information content (AvgIpc) is 2.88. The predicted octanol–water partition coefficient (Wildman–Crippen LogP) is 1.92. The molecule has 19 heavy (non-hydrogen) atoms. The summed E-state index contributed by atoms with van der Waals surface area (Å²) >= 11 is 5.77. The Morgan fingerprint density at radius 1 is 1.37 bits per heavy atom. The first-order chi connectivity index (χ1) is 9.01. The van der Waals surface area contributed by atoms with Gasteiger partial charge in [-0.1, -0.05) is 23.7 Å². The fourth-order valence-electron chi connectivity index (χ4n) is 2.05. The van der Waals surface area contributed by atoms with Gasteiger partial charge >= 0.3 is 0 Å². The zero-order chi connectivity index (χ0) is 13.9. The third kappa shape index (κ3) is 3.79. The first-order valence-electron chi connectivity index (χ1n) is 6.15. The van der Waals surface area contributed by atoms with Crippen molar-refractivity contribution >= 4 is 27.7 Å². The number of benzene rings is 1. The van der Waals surface area contributed by atoms with Gasteiger partial charge in [0, 0.05) is 23.5 Å². The SMILES string of the molecule is NCC1CCN(S(=O)(=O)/C=C/c2ccc(Cl)cc2)C1. The van der Waals surface area contributed by atoms with Gasteiger partial charge in [-0.25, -0.2) is 8.42 Å². The summed E-state index contributed by atoms with van der Waals surface area (Å²) < 4.78 is 25.7. The molecule has 1 fully saturated rings. The van der Waals surface area contributed by atoms with Crippen molar-refractivity contribution in [2.75, 3.05) is 19.6 Å². The quantitative estimate of drug-likeness (QED) is 0.924. The molecule has 4 nitrogen and oxygen atoms in total. The van der Waals surface area contributed by atoms with Gasteiger partial charge in [-0.15, -0.1) is 0 Å². The van der Waals surface area contributed by atoms with Crippen LogP contribution in [0.2, 0.25) is 5.02 Å². The van der Waals surface area contributed by atoms with Crippen LogP contribution >= 0.6 is 11.6 Å². The van der Waals surface area contributed by atoms with Gasteiger partial charge in [0.2, 0.25) is 10.0 Å². The Labute approximate surface area is 118 Å². The molecule has 0 spiro atoms. The smallest absolute Gasteiger partial charge is 0.236 e. The number of sulfonamides is 1. The van der Waals surface area contributed by atoms with Crippen LogP contribution in [0.4, 0.5) is 0 Å². The van der Waals surface area contributed by atoms with Crippen molar-refractivity contribution in [3.05, 3.63) is 40.3 Å². The molecule has 0 bridgehead atoms. The standard InChI is InChI=1S/C13H17ClN2O2S/c14-13-3-1-11(2-4-13)6-8-19(17,18)16-7-5-12(9-15)10-16/h1-4,6,8,12H,5,7,9-10,15H2/b8-6+. The minimum Gasteiger partial charge on any atom is -0.330 e. The van der Waals surface area contributed by atoms with Gasteiger partial charge in [0.1, 0.15) is 0 Å². The van der Waals surface area contributed by atoms with E-state index in [0.29, 0.717) is 24.7 Å². The maximum atomic E-state index is 12.1. The van der Waals surface area contributed by atoms with E-state index in [9.17, 15) is 8.42 Å². The van der Waals surface area contributed by atoms with Crippen LogP contribution in [0.5, 0.6) is 0 Å². The summed E-state index contributed by atoms with van der Waals surface area (Å²) in [5, 5.41) is 1.88. The maximum absolute atomic E-state index is 12.1. The fraction of sp³-hybridized carbons (Fsp3) is 0.385. The molecule has 6 heteroatoms. The Morgan fingerprint density at radius 3 is 2.63 bits per heavy atom. The second-order valence-electron chi connectivity index (χ2n) is 4.65. The highest BCUT2D eigenvalue weighted by Crippen LogP contribution is 2.20. The first kappa shape index (κ1) is 14.5. The van der Waals surface area contributed by atoms with Gasteiger partial charge in [-0.3, -0.25) is 0 Å². The molecule has 0 aliphatic carbocycles. The van der Waals surface area contributed by atoms with Crippen LogP contribution in [-0.2, 0) is 10.0 Å². The topological polar surface area (TPSA) is 63.4 Å². The van der Waals surface area contributed by atoms with Gasteiger partial charge in [0.15, 0.2) is 0 Å². The summed E-state index contributed by atoms with van der Waals surface area (Å²) in [5.74, 6) is 0.277. The van der Waals surface area contributed by atoms with Crippen molar-refractivity contribution in [3.63, 3.8) is 0 Å². The van der Waals surface area contributed by atoms with E-state index in [1.54, 1.807) is 30.3 Å². The molecule has 0 radical (unpaired) electrons. The highest BCUT2D eigenvalue weighted by atomic mass is 35.5. The largest absolute Gasteiger partial charge is 0.330 e. The molecule has 1 saturated heterocycles. The first-order valence-corrected chi connectivity index (χ1v) is 8.03. The van der Waals surface area contributed by atoms with Crippen LogP contribution in [0.25, 0.3) is 6.08 Å². The summed E-state index contributed by atoms with van der Waals surface area (Å²) in [7, 11) is -3.35. The molecule has 0 aromatic heterocycles. The Hall–Kier alpha value is -0.880. The van der Waals surface area contributed by atoms with Gasteiger partial charge in [0.25, 0.3) is 0 Å². The molecule has 1 aromatic carbocycles. The summed E-state index contributed by atoms with van der Waals surface area (Å²) in [6, 6.07) is 7.02. The summed E-state index contributed by atoms with van der Waals surface area (Å²) in [5.41, 5.74) is 6.37. The zero-order valence-electron chi connectivity index (χ0n) is 10.5. The molecule has 0 saturated carbocycles. The van der Waals surface area contributed by atoms with Crippen molar-refractivity contribution in [3.8, 4) is 0 Å². The van der Waals surface area contributed by atoms with Crippen LogP contribution in [0.15, 0.2) is 29.7 Å². The highest BCUT2D eigenvalue weighted by Gasteiger charge is 2.28. The Bertz CT molecular complexity index is 555. The van der Waals surface area contributed by atoms with Crippen molar-refractivity contribution in [2.24, 2.45) is 11.7 Å². The van der Waals surface area contributed by atoms with E-state index in [4.69, 9.17) is 17.3 Å². The molecule has 1 heterocycles. The van der Waals surface area contributed by atoms with E-state index in [0.717, 1.165) is 12.0 Å². The Balaban J connectivity index is 2.07. The number of hydrogen-bond donors (Lipinski definition) is 1. The maximum Gasteiger partial charge on any atom is 0.236 e. The number of hydrogen-bond acceptors (Lipinski definition) is 3. The molecule has 1 aromatic rings. The van der Waals surface area contributed by atoms with E-state index in [1.165, 1.54) is 9.71 Å². The molecule has 2 N–H and O–H groups in total. The summed E-state index contributed by atoms with van der Waals surface area (Å²) in [6.45, 7) is 1.60. The molecule has 2 rings (SSSR count). The minimum atomic E-state index is -3.35. The third-order valence-electron chi connectivity index (χ3n) is 3.24. The second kappa shape index (κ2) is 6.05. The van der Waals surface area contributed by atoms with E-state index in [1.807, 2.05) is 0 Å². The lowest BCUT2D eigenvalue weighted by Crippen LogP contribution is -2.28. The van der Waals surface area contributed by atoms with Crippen LogP contribution in [0, 0.1) is 5.92 Å². The van der Waals surface area contributed by atoms with Crippen LogP contribution in [0.1, 0.15) is 12.0 Å². The lowest BCUT2D eigenvalue weighted by Gasteiger charge is -2.13. The van der Waals surface area contributed by atoms with Crippen LogP contribution in [0.3, 0.4) is 0 Å². The lowest BCUT2D eigenvalue weighted by atomic mass is 10.1. The minimum absolute atomic E-state index is 0.277. The van der Waals surface area contributed by atoms with E-state index < -0.39 is 10.0 Å². The van der Waals surface area contributed by atoms with E-state index in [2.05, 4.69) is 0 Å². The number of nitrogens with zero attached hydrogens (tertiary/aromatic N) is 1. The summed E-state index contributed by atoms with van der Waals surface area (Å²) in [6.07, 6.45) is 2.42. The van der Waals surface area contributed by atoms with Gasteiger partial charge in [0.05, 0.1) is 0 Å². The molecule has 1 atom stereocenters. The number of rotatable bonds is 4. The monoisotopic (exact) mass is 300 g/mol. The molecule has 1 unspecified atom stereocenters. The summed E-state index contributed by atoms with van der Waals surface area (Å²) in [4.78, 5) is 0. The highest BCUT2D eigenvalue weighted by molar-refractivity contribution is 7.92. The van der Waals surface area contributed by atoms with Crippen molar-refractivity contribution in [2.45, 2.75) is 6.42 Å².